The van der Waals surface area contributed by atoms with Gasteiger partial charge in [0.2, 0.25) is 11.7 Å². The fraction of sp³-hybridized carbons (Fsp3) is 0.474. The van der Waals surface area contributed by atoms with Gasteiger partial charge in [0.15, 0.2) is 11.5 Å². The molecule has 0 radical (unpaired) electrons. The molecule has 1 aliphatic rings. The van der Waals surface area contributed by atoms with Gasteiger partial charge >= 0.3 is 6.09 Å². The van der Waals surface area contributed by atoms with Gasteiger partial charge in [0.1, 0.15) is 0 Å². The summed E-state index contributed by atoms with van der Waals surface area (Å²) < 4.78 is 20.9. The van der Waals surface area contributed by atoms with Gasteiger partial charge in [-0.25, -0.2) is 4.79 Å². The lowest BCUT2D eigenvalue weighted by atomic mass is 10.1. The van der Waals surface area contributed by atoms with Crippen molar-refractivity contribution in [3.05, 3.63) is 23.8 Å². The highest BCUT2D eigenvalue weighted by Crippen LogP contribution is 2.38. The van der Waals surface area contributed by atoms with Crippen LogP contribution in [-0.2, 0) is 9.53 Å². The Balaban J connectivity index is 2.02. The number of methoxy groups -OCH3 is 3. The topological polar surface area (TPSA) is 77.5 Å². The molecule has 0 saturated carbocycles. The van der Waals surface area contributed by atoms with Gasteiger partial charge in [-0.05, 0) is 30.7 Å². The largest absolute Gasteiger partial charge is 0.493 e. The molecule has 1 aromatic rings. The number of carbonyl (C=O) groups is 2. The SMILES string of the molecule is CCOC(=O)N1CCN(C(=O)/C=C/c2cc(OC)c(OC)c(OC)c2)CC1. The van der Waals surface area contributed by atoms with Crippen LogP contribution < -0.4 is 14.2 Å². The average molecular weight is 378 g/mol. The summed E-state index contributed by atoms with van der Waals surface area (Å²) in [5, 5.41) is 0. The van der Waals surface area contributed by atoms with Crippen molar-refractivity contribution in [1.29, 1.82) is 0 Å². The molecule has 1 heterocycles. The van der Waals surface area contributed by atoms with E-state index in [4.69, 9.17) is 18.9 Å². The maximum atomic E-state index is 12.4. The van der Waals surface area contributed by atoms with Crippen LogP contribution in [0.2, 0.25) is 0 Å². The summed E-state index contributed by atoms with van der Waals surface area (Å²) >= 11 is 0. The van der Waals surface area contributed by atoms with Crippen LogP contribution in [0.1, 0.15) is 12.5 Å². The van der Waals surface area contributed by atoms with E-state index in [1.807, 2.05) is 0 Å². The fourth-order valence-corrected chi connectivity index (χ4v) is 2.79. The molecular formula is C19H26N2O6. The van der Waals surface area contributed by atoms with E-state index in [0.717, 1.165) is 5.56 Å². The molecule has 0 atom stereocenters. The van der Waals surface area contributed by atoms with E-state index in [2.05, 4.69) is 0 Å². The molecule has 148 valence electrons. The summed E-state index contributed by atoms with van der Waals surface area (Å²) in [6.07, 6.45) is 2.86. The summed E-state index contributed by atoms with van der Waals surface area (Å²) in [7, 11) is 4.62. The van der Waals surface area contributed by atoms with Crippen LogP contribution in [-0.4, -0.2) is 75.9 Å². The molecule has 0 unspecified atom stereocenters. The molecule has 0 aromatic heterocycles. The van der Waals surface area contributed by atoms with Crippen LogP contribution in [0.25, 0.3) is 6.08 Å². The molecule has 1 saturated heterocycles. The molecule has 0 N–H and O–H groups in total. The van der Waals surface area contributed by atoms with Crippen molar-refractivity contribution < 1.29 is 28.5 Å². The molecule has 8 heteroatoms. The smallest absolute Gasteiger partial charge is 0.409 e. The Labute approximate surface area is 159 Å². The van der Waals surface area contributed by atoms with E-state index in [-0.39, 0.29) is 12.0 Å². The highest BCUT2D eigenvalue weighted by atomic mass is 16.6. The molecule has 0 spiro atoms. The second-order valence-electron chi connectivity index (χ2n) is 5.80. The van der Waals surface area contributed by atoms with Crippen molar-refractivity contribution in [2.45, 2.75) is 6.92 Å². The number of benzene rings is 1. The van der Waals surface area contributed by atoms with Crippen LogP contribution in [0.4, 0.5) is 4.79 Å². The Morgan fingerprint density at radius 3 is 2.00 bits per heavy atom. The van der Waals surface area contributed by atoms with Gasteiger partial charge in [0.25, 0.3) is 0 Å². The summed E-state index contributed by atoms with van der Waals surface area (Å²) in [6, 6.07) is 3.54. The Kier molecular flexibility index (Phi) is 7.34. The second kappa shape index (κ2) is 9.70. The Morgan fingerprint density at radius 1 is 0.963 bits per heavy atom. The summed E-state index contributed by atoms with van der Waals surface area (Å²) in [6.45, 7) is 3.97. The average Bonchev–Trinajstić information content (AvgIpc) is 2.71. The van der Waals surface area contributed by atoms with E-state index in [1.165, 1.54) is 13.2 Å². The lowest BCUT2D eigenvalue weighted by Crippen LogP contribution is -2.50. The van der Waals surface area contributed by atoms with E-state index in [1.54, 1.807) is 49.2 Å². The van der Waals surface area contributed by atoms with Gasteiger partial charge in [-0.3, -0.25) is 4.79 Å². The van der Waals surface area contributed by atoms with Crippen LogP contribution in [0.5, 0.6) is 17.2 Å². The number of rotatable bonds is 6. The van der Waals surface area contributed by atoms with Gasteiger partial charge in [-0.1, -0.05) is 0 Å². The highest BCUT2D eigenvalue weighted by molar-refractivity contribution is 5.92. The monoisotopic (exact) mass is 378 g/mol. The van der Waals surface area contributed by atoms with E-state index < -0.39 is 0 Å². The molecule has 1 aliphatic heterocycles. The van der Waals surface area contributed by atoms with E-state index >= 15 is 0 Å². The quantitative estimate of drug-likeness (QED) is 0.705. The van der Waals surface area contributed by atoms with E-state index in [0.29, 0.717) is 50.0 Å². The number of piperazine rings is 1. The van der Waals surface area contributed by atoms with Crippen LogP contribution in [0.3, 0.4) is 0 Å². The van der Waals surface area contributed by atoms with Crippen molar-refractivity contribution in [2.75, 3.05) is 54.1 Å². The minimum Gasteiger partial charge on any atom is -0.493 e. The number of hydrogen-bond donors (Lipinski definition) is 0. The zero-order chi connectivity index (χ0) is 19.8. The molecule has 8 nitrogen and oxygen atoms in total. The van der Waals surface area contributed by atoms with Gasteiger partial charge in [-0.2, -0.15) is 0 Å². The van der Waals surface area contributed by atoms with Crippen molar-refractivity contribution >= 4 is 18.1 Å². The number of carbonyl (C=O) groups excluding carboxylic acids is 2. The van der Waals surface area contributed by atoms with Gasteiger partial charge < -0.3 is 28.7 Å². The molecule has 2 amide bonds. The predicted octanol–water partition coefficient (Wildman–Crippen LogP) is 2.03. The minimum atomic E-state index is -0.336. The lowest BCUT2D eigenvalue weighted by molar-refractivity contribution is -0.127. The zero-order valence-electron chi connectivity index (χ0n) is 16.2. The maximum Gasteiger partial charge on any atom is 0.409 e. The molecule has 27 heavy (non-hydrogen) atoms. The van der Waals surface area contributed by atoms with Gasteiger partial charge in [0.05, 0.1) is 27.9 Å². The Bertz CT molecular complexity index is 670. The zero-order valence-corrected chi connectivity index (χ0v) is 16.2. The van der Waals surface area contributed by atoms with Crippen LogP contribution in [0, 0.1) is 0 Å². The number of ether oxygens (including phenoxy) is 4. The number of amides is 2. The van der Waals surface area contributed by atoms with Crippen molar-refractivity contribution in [3.63, 3.8) is 0 Å². The highest BCUT2D eigenvalue weighted by Gasteiger charge is 2.23. The third-order valence-corrected chi connectivity index (χ3v) is 4.22. The normalized spacial score (nSPS) is 14.2. The van der Waals surface area contributed by atoms with Crippen LogP contribution in [0.15, 0.2) is 18.2 Å². The van der Waals surface area contributed by atoms with E-state index in [9.17, 15) is 9.59 Å². The standard InChI is InChI=1S/C19H26N2O6/c1-5-27-19(23)21-10-8-20(9-11-21)17(22)7-6-14-12-15(24-2)18(26-4)16(13-14)25-3/h6-7,12-13H,5,8-11H2,1-4H3/b7-6+. The minimum absolute atomic E-state index is 0.118. The van der Waals surface area contributed by atoms with Gasteiger partial charge in [0, 0.05) is 32.3 Å². The Hall–Kier alpha value is -2.90. The van der Waals surface area contributed by atoms with Crippen molar-refractivity contribution in [3.8, 4) is 17.2 Å². The molecule has 1 fully saturated rings. The first-order chi connectivity index (χ1) is 13.0. The predicted molar refractivity (Wildman–Crippen MR) is 100 cm³/mol. The first kappa shape index (κ1) is 20.4. The molecule has 0 aliphatic carbocycles. The molecular weight excluding hydrogens is 352 g/mol. The lowest BCUT2D eigenvalue weighted by Gasteiger charge is -2.33. The number of hydrogen-bond acceptors (Lipinski definition) is 6. The maximum absolute atomic E-state index is 12.4. The van der Waals surface area contributed by atoms with Crippen molar-refractivity contribution in [1.82, 2.24) is 9.80 Å². The van der Waals surface area contributed by atoms with Gasteiger partial charge in [-0.15, -0.1) is 0 Å². The molecule has 2 rings (SSSR count). The molecule has 1 aromatic carbocycles. The fourth-order valence-electron chi connectivity index (χ4n) is 2.79. The first-order valence-corrected chi connectivity index (χ1v) is 8.72. The second-order valence-corrected chi connectivity index (χ2v) is 5.80. The first-order valence-electron chi connectivity index (χ1n) is 8.72. The van der Waals surface area contributed by atoms with Crippen LogP contribution >= 0.6 is 0 Å². The molecule has 0 bridgehead atoms. The third kappa shape index (κ3) is 5.06. The van der Waals surface area contributed by atoms with Crippen molar-refractivity contribution in [2.24, 2.45) is 0 Å². The summed E-state index contributed by atoms with van der Waals surface area (Å²) in [5.41, 5.74) is 0.753. The summed E-state index contributed by atoms with van der Waals surface area (Å²) in [4.78, 5) is 27.4. The third-order valence-electron chi connectivity index (χ3n) is 4.22. The number of nitrogens with zero attached hydrogens (tertiary/aromatic N) is 2. The summed E-state index contributed by atoms with van der Waals surface area (Å²) in [5.74, 6) is 1.42. The Morgan fingerprint density at radius 2 is 1.52 bits per heavy atom.